The van der Waals surface area contributed by atoms with Crippen LogP contribution in [0, 0.1) is 12.7 Å². The van der Waals surface area contributed by atoms with Crippen molar-refractivity contribution >= 4 is 38.4 Å². The number of pyridine rings is 1. The van der Waals surface area contributed by atoms with Gasteiger partial charge in [-0.25, -0.2) is 4.39 Å². The highest BCUT2D eigenvalue weighted by Gasteiger charge is 2.13. The zero-order chi connectivity index (χ0) is 17.3. The molecule has 4 nitrogen and oxygen atoms in total. The number of hydrogen-bond donors (Lipinski definition) is 1. The molecule has 0 aliphatic carbocycles. The Hall–Kier alpha value is -2.47. The number of para-hydroxylation sites is 1. The Kier molecular flexibility index (Phi) is 4.49. The van der Waals surface area contributed by atoms with E-state index in [1.807, 2.05) is 6.07 Å². The third kappa shape index (κ3) is 3.23. The van der Waals surface area contributed by atoms with E-state index in [4.69, 9.17) is 0 Å². The zero-order valence-electron chi connectivity index (χ0n) is 12.8. The highest BCUT2D eigenvalue weighted by atomic mass is 79.9. The van der Waals surface area contributed by atoms with Crippen molar-refractivity contribution in [1.29, 1.82) is 0 Å². The summed E-state index contributed by atoms with van der Waals surface area (Å²) in [5.41, 5.74) is 1.05. The first-order valence-electron chi connectivity index (χ1n) is 7.30. The first-order valence-corrected chi connectivity index (χ1v) is 8.09. The van der Waals surface area contributed by atoms with Crippen LogP contribution in [0.4, 0.5) is 10.1 Å². The summed E-state index contributed by atoms with van der Waals surface area (Å²) >= 11 is 3.34. The topological polar surface area (TPSA) is 51.1 Å². The van der Waals surface area contributed by atoms with E-state index in [1.165, 1.54) is 22.8 Å². The van der Waals surface area contributed by atoms with Crippen LogP contribution in [-0.2, 0) is 11.3 Å². The molecule has 3 rings (SSSR count). The van der Waals surface area contributed by atoms with Gasteiger partial charge in [-0.05, 0) is 37.3 Å². The Morgan fingerprint density at radius 3 is 2.71 bits per heavy atom. The maximum absolute atomic E-state index is 14.2. The molecule has 0 saturated carbocycles. The molecule has 0 radical (unpaired) electrons. The molecule has 0 aliphatic rings. The van der Waals surface area contributed by atoms with Crippen LogP contribution >= 0.6 is 15.9 Å². The summed E-state index contributed by atoms with van der Waals surface area (Å²) in [6.07, 6.45) is 0. The molecule has 0 aliphatic heterocycles. The van der Waals surface area contributed by atoms with Crippen molar-refractivity contribution in [3.63, 3.8) is 0 Å². The highest BCUT2D eigenvalue weighted by molar-refractivity contribution is 9.10. The van der Waals surface area contributed by atoms with Gasteiger partial charge in [0.15, 0.2) is 5.43 Å². The Morgan fingerprint density at radius 1 is 1.21 bits per heavy atom. The minimum absolute atomic E-state index is 0.0872. The highest BCUT2D eigenvalue weighted by Crippen LogP contribution is 2.18. The van der Waals surface area contributed by atoms with Gasteiger partial charge in [-0.2, -0.15) is 0 Å². The lowest BCUT2D eigenvalue weighted by molar-refractivity contribution is -0.116. The number of benzene rings is 2. The van der Waals surface area contributed by atoms with Gasteiger partial charge < -0.3 is 9.88 Å². The Morgan fingerprint density at radius 2 is 1.96 bits per heavy atom. The maximum atomic E-state index is 14.2. The van der Waals surface area contributed by atoms with Crippen LogP contribution in [-0.4, -0.2) is 10.5 Å². The number of nitrogens with zero attached hydrogens (tertiary/aromatic N) is 1. The van der Waals surface area contributed by atoms with Crippen molar-refractivity contribution in [2.75, 3.05) is 5.32 Å². The first kappa shape index (κ1) is 16.4. The minimum Gasteiger partial charge on any atom is -0.333 e. The van der Waals surface area contributed by atoms with E-state index in [2.05, 4.69) is 21.2 Å². The van der Waals surface area contributed by atoms with E-state index in [0.29, 0.717) is 11.4 Å². The molecule has 1 amide bonds. The molecule has 0 unspecified atom stereocenters. The Labute approximate surface area is 146 Å². The molecular weight excluding hydrogens is 375 g/mol. The van der Waals surface area contributed by atoms with Crippen molar-refractivity contribution in [2.45, 2.75) is 13.5 Å². The van der Waals surface area contributed by atoms with Crippen LogP contribution in [0.25, 0.3) is 10.9 Å². The zero-order valence-corrected chi connectivity index (χ0v) is 14.4. The van der Waals surface area contributed by atoms with E-state index in [1.54, 1.807) is 31.2 Å². The van der Waals surface area contributed by atoms with Gasteiger partial charge in [0.2, 0.25) is 5.91 Å². The molecule has 0 bridgehead atoms. The van der Waals surface area contributed by atoms with Crippen LogP contribution in [0.5, 0.6) is 0 Å². The van der Waals surface area contributed by atoms with Gasteiger partial charge in [0.25, 0.3) is 0 Å². The van der Waals surface area contributed by atoms with Crippen LogP contribution in [0.15, 0.2) is 57.8 Å². The molecule has 1 heterocycles. The number of carbonyl (C=O) groups is 1. The fraction of sp³-hybridized carbons (Fsp3) is 0.111. The number of hydrogen-bond acceptors (Lipinski definition) is 2. The van der Waals surface area contributed by atoms with E-state index in [-0.39, 0.29) is 28.8 Å². The van der Waals surface area contributed by atoms with E-state index < -0.39 is 5.82 Å². The van der Waals surface area contributed by atoms with Crippen molar-refractivity contribution in [1.82, 2.24) is 4.57 Å². The summed E-state index contributed by atoms with van der Waals surface area (Å²) in [7, 11) is 0. The second-order valence-electron chi connectivity index (χ2n) is 5.43. The average molecular weight is 389 g/mol. The fourth-order valence-electron chi connectivity index (χ4n) is 2.62. The number of amides is 1. The Balaban J connectivity index is 1.98. The summed E-state index contributed by atoms with van der Waals surface area (Å²) in [5, 5.41) is 3.03. The lowest BCUT2D eigenvalue weighted by atomic mass is 10.1. The maximum Gasteiger partial charge on any atom is 0.244 e. The molecule has 0 atom stereocenters. The van der Waals surface area contributed by atoms with E-state index >= 15 is 0 Å². The van der Waals surface area contributed by atoms with Crippen molar-refractivity contribution in [3.05, 3.63) is 74.7 Å². The standard InChI is InChI=1S/C18H14BrFN2O2/c1-11-8-16(23)14-6-3-7-15(20)18(14)22(11)10-17(24)21-13-5-2-4-12(19)9-13/h2-9H,10H2,1H3,(H,21,24). The largest absolute Gasteiger partial charge is 0.333 e. The average Bonchev–Trinajstić information content (AvgIpc) is 2.51. The molecule has 1 aromatic heterocycles. The Bertz CT molecular complexity index is 998. The number of anilines is 1. The molecule has 3 aromatic rings. The van der Waals surface area contributed by atoms with Gasteiger partial charge in [-0.3, -0.25) is 9.59 Å². The lowest BCUT2D eigenvalue weighted by Gasteiger charge is -2.15. The summed E-state index contributed by atoms with van der Waals surface area (Å²) in [6.45, 7) is 1.59. The number of aromatic nitrogens is 1. The van der Waals surface area contributed by atoms with E-state index in [9.17, 15) is 14.0 Å². The fourth-order valence-corrected chi connectivity index (χ4v) is 3.02. The van der Waals surface area contributed by atoms with Gasteiger partial charge in [-0.1, -0.05) is 28.1 Å². The number of fused-ring (bicyclic) bond motifs is 1. The number of halogens is 2. The van der Waals surface area contributed by atoms with E-state index in [0.717, 1.165) is 4.47 Å². The minimum atomic E-state index is -0.524. The quantitative estimate of drug-likeness (QED) is 0.740. The molecule has 0 saturated heterocycles. The van der Waals surface area contributed by atoms with Gasteiger partial charge in [-0.15, -0.1) is 0 Å². The first-order chi connectivity index (χ1) is 11.5. The summed E-state index contributed by atoms with van der Waals surface area (Å²) in [5.74, 6) is -0.826. The number of rotatable bonds is 3. The predicted molar refractivity (Wildman–Crippen MR) is 95.7 cm³/mol. The van der Waals surface area contributed by atoms with Crippen molar-refractivity contribution < 1.29 is 9.18 Å². The van der Waals surface area contributed by atoms with Gasteiger partial charge in [0, 0.05) is 27.3 Å². The smallest absolute Gasteiger partial charge is 0.244 e. The number of aryl methyl sites for hydroxylation is 1. The van der Waals surface area contributed by atoms with Crippen LogP contribution in [0.1, 0.15) is 5.69 Å². The van der Waals surface area contributed by atoms with Gasteiger partial charge >= 0.3 is 0 Å². The molecule has 24 heavy (non-hydrogen) atoms. The predicted octanol–water partition coefficient (Wildman–Crippen LogP) is 3.85. The summed E-state index contributed by atoms with van der Waals surface area (Å²) < 4.78 is 16.6. The third-order valence-corrected chi connectivity index (χ3v) is 4.19. The molecular formula is C18H14BrFN2O2. The van der Waals surface area contributed by atoms with Crippen molar-refractivity contribution in [2.24, 2.45) is 0 Å². The number of nitrogens with one attached hydrogen (secondary N) is 1. The lowest BCUT2D eigenvalue weighted by Crippen LogP contribution is -2.22. The monoisotopic (exact) mass is 388 g/mol. The normalized spacial score (nSPS) is 10.8. The SMILES string of the molecule is Cc1cc(=O)c2cccc(F)c2n1CC(=O)Nc1cccc(Br)c1. The van der Waals surface area contributed by atoms with Crippen LogP contribution in [0.2, 0.25) is 0 Å². The second kappa shape index (κ2) is 6.57. The molecule has 122 valence electrons. The third-order valence-electron chi connectivity index (χ3n) is 3.70. The molecule has 1 N–H and O–H groups in total. The molecule has 0 fully saturated rings. The van der Waals surface area contributed by atoms with Crippen LogP contribution < -0.4 is 10.7 Å². The summed E-state index contributed by atoms with van der Waals surface area (Å²) in [4.78, 5) is 24.4. The molecule has 0 spiro atoms. The molecule has 6 heteroatoms. The van der Waals surface area contributed by atoms with Gasteiger partial charge in [0.1, 0.15) is 12.4 Å². The van der Waals surface area contributed by atoms with Crippen molar-refractivity contribution in [3.8, 4) is 0 Å². The summed E-state index contributed by atoms with van der Waals surface area (Å²) in [6, 6.07) is 12.9. The number of carbonyl (C=O) groups excluding carboxylic acids is 1. The van der Waals surface area contributed by atoms with Crippen LogP contribution in [0.3, 0.4) is 0 Å². The second-order valence-corrected chi connectivity index (χ2v) is 6.35. The molecule has 2 aromatic carbocycles. The van der Waals surface area contributed by atoms with Gasteiger partial charge in [0.05, 0.1) is 5.52 Å².